The van der Waals surface area contributed by atoms with Gasteiger partial charge < -0.3 is 4.90 Å². The number of nitrogens with zero attached hydrogens (tertiary/aromatic N) is 1. The smallest absolute Gasteiger partial charge is 0.306 e. The van der Waals surface area contributed by atoms with Crippen LogP contribution >= 0.6 is 0 Å². The molecule has 0 spiro atoms. The monoisotopic (exact) mass is 451 g/mol. The molecule has 0 saturated carbocycles. The lowest BCUT2D eigenvalue weighted by molar-refractivity contribution is -0.137. The summed E-state index contributed by atoms with van der Waals surface area (Å²) in [7, 11) is 2.20. The predicted molar refractivity (Wildman–Crippen MR) is 129 cm³/mol. The predicted octanol–water partition coefficient (Wildman–Crippen LogP) is 7.77. The number of rotatable bonds is 7. The van der Waals surface area contributed by atoms with Crippen molar-refractivity contribution in [2.75, 3.05) is 20.1 Å². The Hall–Kier alpha value is -2.59. The second-order valence-corrected chi connectivity index (χ2v) is 9.50. The summed E-state index contributed by atoms with van der Waals surface area (Å²) in [6, 6.07) is 22.5. The highest BCUT2D eigenvalue weighted by Gasteiger charge is 2.35. The molecular weight excluding hydrogens is 419 g/mol. The fourth-order valence-corrected chi connectivity index (χ4v) is 5.11. The van der Waals surface area contributed by atoms with E-state index in [9.17, 15) is 13.2 Å². The summed E-state index contributed by atoms with van der Waals surface area (Å²) < 4.78 is 38.7. The molecule has 33 heavy (non-hydrogen) atoms. The first-order valence-corrected chi connectivity index (χ1v) is 11.8. The molecule has 0 saturated heterocycles. The number of alkyl halides is 3. The Bertz CT molecular complexity index is 1060. The summed E-state index contributed by atoms with van der Waals surface area (Å²) in [4.78, 5) is 2.42. The van der Waals surface area contributed by atoms with E-state index in [4.69, 9.17) is 0 Å². The van der Waals surface area contributed by atoms with E-state index in [2.05, 4.69) is 74.3 Å². The van der Waals surface area contributed by atoms with Gasteiger partial charge in [-0.25, -0.2) is 0 Å². The van der Waals surface area contributed by atoms with Gasteiger partial charge in [-0.05, 0) is 84.1 Å². The summed E-state index contributed by atoms with van der Waals surface area (Å²) in [5.74, 6) is 1.50. The molecule has 1 aliphatic carbocycles. The summed E-state index contributed by atoms with van der Waals surface area (Å²) in [6.07, 6.45) is -2.13. The normalized spacial score (nSPS) is 20.3. The minimum atomic E-state index is -4.30. The third kappa shape index (κ3) is 5.33. The van der Waals surface area contributed by atoms with Crippen LogP contribution in [0, 0.1) is 5.92 Å². The molecule has 0 aromatic heterocycles. The topological polar surface area (TPSA) is 3.24 Å². The number of hydrogen-bond donors (Lipinski definition) is 0. The minimum Gasteiger partial charge on any atom is -0.306 e. The van der Waals surface area contributed by atoms with Gasteiger partial charge in [-0.15, -0.1) is 0 Å². The van der Waals surface area contributed by atoms with Crippen LogP contribution in [0.25, 0.3) is 11.1 Å². The van der Waals surface area contributed by atoms with Crippen LogP contribution in [0.5, 0.6) is 0 Å². The van der Waals surface area contributed by atoms with Crippen LogP contribution in [0.2, 0.25) is 0 Å². The van der Waals surface area contributed by atoms with Crippen LogP contribution in [-0.2, 0) is 12.6 Å². The molecule has 1 aliphatic rings. The van der Waals surface area contributed by atoms with E-state index in [1.54, 1.807) is 12.1 Å². The summed E-state index contributed by atoms with van der Waals surface area (Å²) in [5.41, 5.74) is 5.33. The number of hydrogen-bond acceptors (Lipinski definition) is 1. The van der Waals surface area contributed by atoms with Gasteiger partial charge in [0, 0.05) is 6.54 Å². The Balaban J connectivity index is 1.43. The van der Waals surface area contributed by atoms with Crippen molar-refractivity contribution in [1.82, 2.24) is 4.90 Å². The van der Waals surface area contributed by atoms with Crippen molar-refractivity contribution in [3.05, 3.63) is 95.1 Å². The zero-order valence-electron chi connectivity index (χ0n) is 19.6. The largest absolute Gasteiger partial charge is 0.416 e. The third-order valence-corrected chi connectivity index (χ3v) is 7.39. The van der Waals surface area contributed by atoms with E-state index in [0.29, 0.717) is 17.8 Å². The molecule has 0 aliphatic heterocycles. The summed E-state index contributed by atoms with van der Waals surface area (Å²) >= 11 is 0. The number of halogens is 3. The van der Waals surface area contributed by atoms with Gasteiger partial charge in [-0.2, -0.15) is 13.2 Å². The maximum atomic E-state index is 12.9. The van der Waals surface area contributed by atoms with Gasteiger partial charge in [0.2, 0.25) is 0 Å². The van der Waals surface area contributed by atoms with Crippen molar-refractivity contribution in [3.63, 3.8) is 0 Å². The molecule has 1 nitrogen and oxygen atoms in total. The van der Waals surface area contributed by atoms with Gasteiger partial charge in [0.1, 0.15) is 0 Å². The molecule has 0 N–H and O–H groups in total. The van der Waals surface area contributed by atoms with E-state index >= 15 is 0 Å². The molecular formula is C29H32F3N. The van der Waals surface area contributed by atoms with Gasteiger partial charge in [-0.3, -0.25) is 0 Å². The fraction of sp³-hybridized carbons (Fsp3) is 0.379. The summed E-state index contributed by atoms with van der Waals surface area (Å²) in [6.45, 7) is 6.70. The van der Waals surface area contributed by atoms with E-state index in [1.165, 1.54) is 28.8 Å². The summed E-state index contributed by atoms with van der Waals surface area (Å²) in [5, 5.41) is 0. The molecule has 0 fully saturated rings. The van der Waals surface area contributed by atoms with Gasteiger partial charge in [0.25, 0.3) is 0 Å². The van der Waals surface area contributed by atoms with Crippen molar-refractivity contribution in [2.24, 2.45) is 5.92 Å². The van der Waals surface area contributed by atoms with Gasteiger partial charge in [-0.1, -0.05) is 74.5 Å². The Morgan fingerprint density at radius 2 is 1.45 bits per heavy atom. The molecule has 3 aromatic rings. The van der Waals surface area contributed by atoms with Gasteiger partial charge >= 0.3 is 6.18 Å². The quantitative estimate of drug-likeness (QED) is 0.355. The van der Waals surface area contributed by atoms with Gasteiger partial charge in [0.05, 0.1) is 5.56 Å². The first-order valence-electron chi connectivity index (χ1n) is 11.8. The van der Waals surface area contributed by atoms with Crippen molar-refractivity contribution in [3.8, 4) is 11.1 Å². The SMILES string of the molecule is CC1c2cc(-c3ccc(C(F)(F)F)cc3)ccc2C(CCN(C)CCc2ccccc2)[C@@H]1C. The Morgan fingerprint density at radius 1 is 0.788 bits per heavy atom. The van der Waals surface area contributed by atoms with E-state index in [0.717, 1.165) is 37.1 Å². The molecule has 0 amide bonds. The zero-order valence-corrected chi connectivity index (χ0v) is 19.6. The minimum absolute atomic E-state index is 0.439. The first kappa shape index (κ1) is 23.6. The number of fused-ring (bicyclic) bond motifs is 1. The molecule has 0 bridgehead atoms. The average molecular weight is 452 g/mol. The molecule has 3 aromatic carbocycles. The maximum absolute atomic E-state index is 12.9. The van der Waals surface area contributed by atoms with Crippen LogP contribution in [0.4, 0.5) is 13.2 Å². The van der Waals surface area contributed by atoms with Crippen molar-refractivity contribution in [1.29, 1.82) is 0 Å². The van der Waals surface area contributed by atoms with Crippen LogP contribution < -0.4 is 0 Å². The standard InChI is InChI=1S/C29H32F3N/c1-20-21(2)28-19-24(23-9-12-25(13-10-23)29(30,31)32)11-14-27(28)26(20)16-18-33(3)17-15-22-7-5-4-6-8-22/h4-14,19-21,26H,15-18H2,1-3H3/t20-,21?,26?/m1/s1. The highest BCUT2D eigenvalue weighted by molar-refractivity contribution is 5.66. The van der Waals surface area contributed by atoms with Crippen molar-refractivity contribution < 1.29 is 13.2 Å². The first-order chi connectivity index (χ1) is 15.7. The van der Waals surface area contributed by atoms with E-state index in [1.807, 2.05) is 0 Å². The Kier molecular flexibility index (Phi) is 6.94. The Labute approximate surface area is 195 Å². The molecule has 2 unspecified atom stereocenters. The lowest BCUT2D eigenvalue weighted by atomic mass is 9.87. The lowest BCUT2D eigenvalue weighted by Gasteiger charge is -2.23. The van der Waals surface area contributed by atoms with E-state index < -0.39 is 11.7 Å². The van der Waals surface area contributed by atoms with Crippen LogP contribution in [0.15, 0.2) is 72.8 Å². The molecule has 0 heterocycles. The van der Waals surface area contributed by atoms with Crippen LogP contribution in [0.3, 0.4) is 0 Å². The molecule has 174 valence electrons. The Morgan fingerprint density at radius 3 is 2.12 bits per heavy atom. The fourth-order valence-electron chi connectivity index (χ4n) is 5.11. The highest BCUT2D eigenvalue weighted by Crippen LogP contribution is 2.48. The average Bonchev–Trinajstić information content (AvgIpc) is 3.05. The molecule has 3 atom stereocenters. The van der Waals surface area contributed by atoms with Crippen molar-refractivity contribution in [2.45, 2.75) is 44.7 Å². The van der Waals surface area contributed by atoms with Crippen LogP contribution in [0.1, 0.15) is 54.4 Å². The second-order valence-electron chi connectivity index (χ2n) is 9.50. The van der Waals surface area contributed by atoms with E-state index in [-0.39, 0.29) is 0 Å². The second kappa shape index (κ2) is 9.72. The molecule has 4 heteroatoms. The number of benzene rings is 3. The third-order valence-electron chi connectivity index (χ3n) is 7.39. The highest BCUT2D eigenvalue weighted by atomic mass is 19.4. The van der Waals surface area contributed by atoms with Gasteiger partial charge in [0.15, 0.2) is 0 Å². The zero-order chi connectivity index (χ0) is 23.6. The maximum Gasteiger partial charge on any atom is 0.416 e. The lowest BCUT2D eigenvalue weighted by Crippen LogP contribution is -2.24. The molecule has 0 radical (unpaired) electrons. The van der Waals surface area contributed by atoms with Crippen LogP contribution in [-0.4, -0.2) is 25.0 Å². The molecule has 4 rings (SSSR count). The van der Waals surface area contributed by atoms with Crippen molar-refractivity contribution >= 4 is 0 Å². The number of likely N-dealkylation sites (N-methyl/N-ethyl adjacent to an activating group) is 1.